The lowest BCUT2D eigenvalue weighted by Crippen LogP contribution is -2.43. The Kier molecular flexibility index (Phi) is 6.62. The van der Waals surface area contributed by atoms with E-state index in [-0.39, 0.29) is 24.3 Å². The van der Waals surface area contributed by atoms with Crippen LogP contribution in [0.5, 0.6) is 11.5 Å². The van der Waals surface area contributed by atoms with Crippen molar-refractivity contribution in [2.24, 2.45) is 0 Å². The average molecular weight is 513 g/mol. The molecule has 1 saturated carbocycles. The van der Waals surface area contributed by atoms with Crippen LogP contribution in [0.1, 0.15) is 41.7 Å². The molecule has 3 aromatic heterocycles. The molecule has 1 amide bonds. The molecule has 1 aliphatic heterocycles. The van der Waals surface area contributed by atoms with Crippen LogP contribution in [0.15, 0.2) is 72.0 Å². The summed E-state index contributed by atoms with van der Waals surface area (Å²) < 4.78 is 12.8. The molecule has 4 heterocycles. The van der Waals surface area contributed by atoms with Gasteiger partial charge in [0.15, 0.2) is 11.5 Å². The molecule has 1 fully saturated rings. The van der Waals surface area contributed by atoms with Gasteiger partial charge in [0.05, 0.1) is 0 Å². The van der Waals surface area contributed by atoms with Gasteiger partial charge in [0.2, 0.25) is 12.7 Å². The molecule has 194 valence electrons. The van der Waals surface area contributed by atoms with Crippen molar-refractivity contribution in [3.8, 4) is 28.6 Å². The number of rotatable bonds is 7. The number of hydrogen-bond donors (Lipinski definition) is 3. The largest absolute Gasteiger partial charge is 0.454 e. The van der Waals surface area contributed by atoms with E-state index in [2.05, 4.69) is 31.7 Å². The summed E-state index contributed by atoms with van der Waals surface area (Å²) in [4.78, 5) is 36.9. The van der Waals surface area contributed by atoms with Crippen LogP contribution >= 0.6 is 0 Å². The van der Waals surface area contributed by atoms with Crippen molar-refractivity contribution in [3.63, 3.8) is 0 Å². The average Bonchev–Trinajstić information content (AvgIpc) is 3.62. The van der Waals surface area contributed by atoms with Crippen LogP contribution < -0.4 is 25.7 Å². The number of benzene rings is 1. The first kappa shape index (κ1) is 23.9. The maximum absolute atomic E-state index is 13.0. The summed E-state index contributed by atoms with van der Waals surface area (Å²) in [6.07, 6.45) is 10.6. The standard InChI is InChI=1S/C28H28N6O4/c35-26-23(13-19(15-32-26)18-4-9-24-25(14-18)38-17-37-24)27(36)33-21-7-5-20(6-8-21)31-16-22-3-1-12-34(22)28-29-10-2-11-30-28/h1-4,9-15,20-21,31H,5-8,16-17H2,(H,32,35)(H,33,36). The van der Waals surface area contributed by atoms with Crippen LogP contribution in [0.2, 0.25) is 0 Å². The molecule has 10 heteroatoms. The van der Waals surface area contributed by atoms with E-state index in [1.54, 1.807) is 30.7 Å². The molecule has 1 aromatic carbocycles. The van der Waals surface area contributed by atoms with Crippen LogP contribution in [0.3, 0.4) is 0 Å². The lowest BCUT2D eigenvalue weighted by Gasteiger charge is -2.30. The molecule has 0 unspecified atom stereocenters. The Morgan fingerprint density at radius 2 is 1.76 bits per heavy atom. The minimum Gasteiger partial charge on any atom is -0.454 e. The molecule has 0 atom stereocenters. The highest BCUT2D eigenvalue weighted by Gasteiger charge is 2.24. The van der Waals surface area contributed by atoms with Gasteiger partial charge >= 0.3 is 0 Å². The fraction of sp³-hybridized carbons (Fsp3) is 0.286. The molecule has 4 aromatic rings. The van der Waals surface area contributed by atoms with Gasteiger partial charge in [-0.2, -0.15) is 0 Å². The number of H-pyrrole nitrogens is 1. The summed E-state index contributed by atoms with van der Waals surface area (Å²) >= 11 is 0. The second-order valence-electron chi connectivity index (χ2n) is 9.52. The Bertz CT molecular complexity index is 1490. The van der Waals surface area contributed by atoms with Gasteiger partial charge in [0.1, 0.15) is 5.56 Å². The van der Waals surface area contributed by atoms with Crippen LogP contribution in [0, 0.1) is 0 Å². The molecular formula is C28H28N6O4. The van der Waals surface area contributed by atoms with E-state index in [1.165, 1.54) is 0 Å². The zero-order chi connectivity index (χ0) is 25.9. The third kappa shape index (κ3) is 5.03. The highest BCUT2D eigenvalue weighted by atomic mass is 16.7. The number of fused-ring (bicyclic) bond motifs is 1. The van der Waals surface area contributed by atoms with Crippen molar-refractivity contribution in [2.75, 3.05) is 6.79 Å². The van der Waals surface area contributed by atoms with Crippen molar-refractivity contribution < 1.29 is 14.3 Å². The summed E-state index contributed by atoms with van der Waals surface area (Å²) in [6, 6.07) is 13.4. The molecule has 0 saturated heterocycles. The molecule has 0 spiro atoms. The molecule has 2 aliphatic rings. The molecule has 0 radical (unpaired) electrons. The van der Waals surface area contributed by atoms with Gasteiger partial charge in [0.25, 0.3) is 11.5 Å². The van der Waals surface area contributed by atoms with E-state index < -0.39 is 5.56 Å². The number of hydrogen-bond acceptors (Lipinski definition) is 7. The Hall–Kier alpha value is -4.44. The first-order valence-corrected chi connectivity index (χ1v) is 12.7. The van der Waals surface area contributed by atoms with Gasteiger partial charge in [-0.05, 0) is 73.2 Å². The van der Waals surface area contributed by atoms with Crippen LogP contribution in [-0.4, -0.2) is 44.3 Å². The third-order valence-corrected chi connectivity index (χ3v) is 7.09. The van der Waals surface area contributed by atoms with Crippen molar-refractivity contribution in [1.82, 2.24) is 30.2 Å². The molecule has 38 heavy (non-hydrogen) atoms. The zero-order valence-electron chi connectivity index (χ0n) is 20.7. The van der Waals surface area contributed by atoms with Gasteiger partial charge in [-0.15, -0.1) is 0 Å². The smallest absolute Gasteiger partial charge is 0.260 e. The van der Waals surface area contributed by atoms with Crippen LogP contribution in [-0.2, 0) is 6.54 Å². The van der Waals surface area contributed by atoms with E-state index in [4.69, 9.17) is 9.47 Å². The number of aromatic amines is 1. The second-order valence-corrected chi connectivity index (χ2v) is 9.52. The highest BCUT2D eigenvalue weighted by molar-refractivity contribution is 5.95. The lowest BCUT2D eigenvalue weighted by molar-refractivity contribution is 0.0922. The predicted molar refractivity (Wildman–Crippen MR) is 140 cm³/mol. The summed E-state index contributed by atoms with van der Waals surface area (Å²) in [5, 5.41) is 6.69. The van der Waals surface area contributed by atoms with Crippen molar-refractivity contribution in [2.45, 2.75) is 44.3 Å². The Labute approximate surface area is 219 Å². The van der Waals surface area contributed by atoms with Gasteiger partial charge < -0.3 is 25.1 Å². The van der Waals surface area contributed by atoms with Crippen LogP contribution in [0.4, 0.5) is 0 Å². The van der Waals surface area contributed by atoms with E-state index in [9.17, 15) is 9.59 Å². The number of ether oxygens (including phenoxy) is 2. The molecule has 10 nitrogen and oxygen atoms in total. The number of amides is 1. The van der Waals surface area contributed by atoms with Crippen molar-refractivity contribution >= 4 is 5.91 Å². The number of pyridine rings is 1. The van der Waals surface area contributed by atoms with Gasteiger partial charge in [-0.3, -0.25) is 14.2 Å². The Balaban J connectivity index is 1.04. The summed E-state index contributed by atoms with van der Waals surface area (Å²) in [7, 11) is 0. The molecule has 1 aliphatic carbocycles. The van der Waals surface area contributed by atoms with Gasteiger partial charge in [-0.1, -0.05) is 6.07 Å². The topological polar surface area (TPSA) is 123 Å². The maximum atomic E-state index is 13.0. The fourth-order valence-electron chi connectivity index (χ4n) is 5.02. The maximum Gasteiger partial charge on any atom is 0.260 e. The highest BCUT2D eigenvalue weighted by Crippen LogP contribution is 2.35. The van der Waals surface area contributed by atoms with E-state index in [1.807, 2.05) is 35.0 Å². The number of aromatic nitrogens is 4. The Morgan fingerprint density at radius 1 is 0.974 bits per heavy atom. The summed E-state index contributed by atoms with van der Waals surface area (Å²) in [5.74, 6) is 1.62. The normalized spacial score (nSPS) is 18.3. The van der Waals surface area contributed by atoms with Crippen LogP contribution in [0.25, 0.3) is 17.1 Å². The summed E-state index contributed by atoms with van der Waals surface area (Å²) in [6.45, 7) is 0.890. The van der Waals surface area contributed by atoms with Crippen molar-refractivity contribution in [3.05, 3.63) is 88.9 Å². The van der Waals surface area contributed by atoms with Gasteiger partial charge in [-0.25, -0.2) is 9.97 Å². The first-order chi connectivity index (χ1) is 18.6. The van der Waals surface area contributed by atoms with Crippen molar-refractivity contribution in [1.29, 1.82) is 0 Å². The monoisotopic (exact) mass is 512 g/mol. The molecule has 0 bridgehead atoms. The zero-order valence-corrected chi connectivity index (χ0v) is 20.7. The lowest BCUT2D eigenvalue weighted by atomic mass is 9.91. The number of carbonyl (C=O) groups is 1. The van der Waals surface area contributed by atoms with Gasteiger partial charge in [0, 0.05) is 49.1 Å². The predicted octanol–water partition coefficient (Wildman–Crippen LogP) is 3.18. The van der Waals surface area contributed by atoms with E-state index in [0.29, 0.717) is 30.0 Å². The number of nitrogens with zero attached hydrogens (tertiary/aromatic N) is 3. The Morgan fingerprint density at radius 3 is 2.61 bits per heavy atom. The SMILES string of the molecule is O=C(NC1CCC(NCc2cccn2-c2ncccn2)CC1)c1cc(-c2ccc3c(c2)OCO3)c[nH]c1=O. The quantitative estimate of drug-likeness (QED) is 0.348. The van der Waals surface area contributed by atoms with E-state index in [0.717, 1.165) is 42.5 Å². The molecule has 3 N–H and O–H groups in total. The fourth-order valence-corrected chi connectivity index (χ4v) is 5.02. The minimum atomic E-state index is -0.409. The second kappa shape index (κ2) is 10.5. The van der Waals surface area contributed by atoms with E-state index >= 15 is 0 Å². The molecule has 6 rings (SSSR count). The summed E-state index contributed by atoms with van der Waals surface area (Å²) in [5.41, 5.74) is 2.34. The number of carbonyl (C=O) groups excluding carboxylic acids is 1. The molecular weight excluding hydrogens is 484 g/mol. The third-order valence-electron chi connectivity index (χ3n) is 7.09. The first-order valence-electron chi connectivity index (χ1n) is 12.7. The number of nitrogens with one attached hydrogen (secondary N) is 3. The minimum absolute atomic E-state index is 0.0238.